The Balaban J connectivity index is 1.65. The first kappa shape index (κ1) is 19.6. The van der Waals surface area contributed by atoms with Gasteiger partial charge in [-0.3, -0.25) is 14.8 Å². The molecule has 0 spiro atoms. The Morgan fingerprint density at radius 1 is 1.29 bits per heavy atom. The second-order valence-corrected chi connectivity index (χ2v) is 6.53. The fraction of sp³-hybridized carbons (Fsp3) is 0.111. The molecular formula is C18H16ClN5O3S. The van der Waals surface area contributed by atoms with Crippen molar-refractivity contribution in [2.45, 2.75) is 6.54 Å². The summed E-state index contributed by atoms with van der Waals surface area (Å²) < 4.78 is 6.92. The van der Waals surface area contributed by atoms with Crippen LogP contribution < -0.4 is 15.4 Å². The monoisotopic (exact) mass is 417 g/mol. The fourth-order valence-corrected chi connectivity index (χ4v) is 2.89. The maximum atomic E-state index is 10.9. The molecule has 0 bridgehead atoms. The molecule has 3 aromatic rings. The zero-order valence-electron chi connectivity index (χ0n) is 14.8. The summed E-state index contributed by atoms with van der Waals surface area (Å²) in [5, 5.41) is 22.1. The molecule has 1 aromatic heterocycles. The van der Waals surface area contributed by atoms with Crippen LogP contribution in [0.25, 0.3) is 0 Å². The van der Waals surface area contributed by atoms with E-state index in [2.05, 4.69) is 15.7 Å². The van der Waals surface area contributed by atoms with Crippen LogP contribution in [0, 0.1) is 10.1 Å². The lowest BCUT2D eigenvalue weighted by molar-refractivity contribution is -0.384. The van der Waals surface area contributed by atoms with Gasteiger partial charge in [-0.15, -0.1) is 0 Å². The van der Waals surface area contributed by atoms with E-state index in [1.807, 2.05) is 24.3 Å². The summed E-state index contributed by atoms with van der Waals surface area (Å²) >= 11 is 11.5. The second-order valence-electron chi connectivity index (χ2n) is 5.71. The van der Waals surface area contributed by atoms with E-state index >= 15 is 0 Å². The molecule has 0 atom stereocenters. The molecule has 3 rings (SSSR count). The minimum absolute atomic E-state index is 0.0698. The summed E-state index contributed by atoms with van der Waals surface area (Å²) in [5.74, 6) is 0.855. The van der Waals surface area contributed by atoms with Crippen molar-refractivity contribution in [3.63, 3.8) is 0 Å². The van der Waals surface area contributed by atoms with Crippen molar-refractivity contribution in [3.05, 3.63) is 75.4 Å². The highest BCUT2D eigenvalue weighted by Crippen LogP contribution is 2.29. The molecule has 10 heteroatoms. The van der Waals surface area contributed by atoms with E-state index in [0.717, 1.165) is 5.56 Å². The molecule has 0 radical (unpaired) electrons. The Morgan fingerprint density at radius 2 is 2.07 bits per heavy atom. The predicted octanol–water partition coefficient (Wildman–Crippen LogP) is 4.31. The van der Waals surface area contributed by atoms with Gasteiger partial charge in [0.05, 0.1) is 30.3 Å². The average molecular weight is 418 g/mol. The van der Waals surface area contributed by atoms with Gasteiger partial charge in [-0.1, -0.05) is 29.8 Å². The number of methoxy groups -OCH3 is 1. The van der Waals surface area contributed by atoms with E-state index in [1.54, 1.807) is 16.9 Å². The van der Waals surface area contributed by atoms with Crippen molar-refractivity contribution in [1.82, 2.24) is 9.78 Å². The van der Waals surface area contributed by atoms with E-state index in [4.69, 9.17) is 28.6 Å². The zero-order valence-corrected chi connectivity index (χ0v) is 16.3. The highest BCUT2D eigenvalue weighted by Gasteiger charge is 2.13. The Morgan fingerprint density at radius 3 is 2.79 bits per heavy atom. The molecule has 0 saturated carbocycles. The number of ether oxygens (including phenoxy) is 1. The molecule has 0 amide bonds. The van der Waals surface area contributed by atoms with Crippen LogP contribution in [0.3, 0.4) is 0 Å². The molecule has 2 aromatic carbocycles. The standard InChI is InChI=1S/C18H16ClN5O3S/c1-27-16-10-13(24(25)26)6-7-15(16)20-18(28)21-17-8-9-23(22-17)11-12-4-2-3-5-14(12)19/h2-10H,11H2,1H3,(H2,20,21,22,28). The number of non-ortho nitro benzene ring substituents is 1. The van der Waals surface area contributed by atoms with Gasteiger partial charge in [0.2, 0.25) is 0 Å². The maximum absolute atomic E-state index is 10.9. The molecule has 28 heavy (non-hydrogen) atoms. The van der Waals surface area contributed by atoms with Gasteiger partial charge in [0.15, 0.2) is 10.9 Å². The molecule has 0 unspecified atom stereocenters. The van der Waals surface area contributed by atoms with Crippen molar-refractivity contribution in [1.29, 1.82) is 0 Å². The third kappa shape index (κ3) is 4.76. The van der Waals surface area contributed by atoms with Crippen molar-refractivity contribution in [2.75, 3.05) is 17.7 Å². The minimum Gasteiger partial charge on any atom is -0.494 e. The molecule has 0 aliphatic rings. The van der Waals surface area contributed by atoms with Gasteiger partial charge in [-0.2, -0.15) is 5.10 Å². The number of nitrogens with zero attached hydrogens (tertiary/aromatic N) is 3. The molecule has 0 fully saturated rings. The third-order valence-corrected chi connectivity index (χ3v) is 4.39. The number of anilines is 2. The van der Waals surface area contributed by atoms with E-state index in [9.17, 15) is 10.1 Å². The van der Waals surface area contributed by atoms with Crippen LogP contribution in [0.1, 0.15) is 5.56 Å². The summed E-state index contributed by atoms with van der Waals surface area (Å²) in [7, 11) is 1.43. The first-order valence-corrected chi connectivity index (χ1v) is 8.92. The summed E-state index contributed by atoms with van der Waals surface area (Å²) in [5.41, 5.74) is 1.39. The quantitative estimate of drug-likeness (QED) is 0.350. The van der Waals surface area contributed by atoms with Crippen molar-refractivity contribution in [3.8, 4) is 5.75 Å². The molecular weight excluding hydrogens is 402 g/mol. The number of rotatable bonds is 6. The molecule has 8 nitrogen and oxygen atoms in total. The second kappa shape index (κ2) is 8.68. The van der Waals surface area contributed by atoms with Crippen molar-refractivity contribution >= 4 is 46.1 Å². The van der Waals surface area contributed by atoms with Crippen molar-refractivity contribution < 1.29 is 9.66 Å². The maximum Gasteiger partial charge on any atom is 0.273 e. The van der Waals surface area contributed by atoms with Crippen molar-refractivity contribution in [2.24, 2.45) is 0 Å². The van der Waals surface area contributed by atoms with Gasteiger partial charge in [0.25, 0.3) is 5.69 Å². The van der Waals surface area contributed by atoms with E-state index in [0.29, 0.717) is 28.8 Å². The summed E-state index contributed by atoms with van der Waals surface area (Å²) in [4.78, 5) is 10.4. The van der Waals surface area contributed by atoms with Crippen LogP contribution in [-0.2, 0) is 6.54 Å². The Hall–Kier alpha value is -3.17. The highest BCUT2D eigenvalue weighted by atomic mass is 35.5. The van der Waals surface area contributed by atoms with Gasteiger partial charge >= 0.3 is 0 Å². The number of halogens is 1. The summed E-state index contributed by atoms with van der Waals surface area (Å²) in [6, 6.07) is 13.5. The molecule has 0 aliphatic carbocycles. The van der Waals surface area contributed by atoms with E-state index in [1.165, 1.54) is 25.3 Å². The molecule has 0 saturated heterocycles. The predicted molar refractivity (Wildman–Crippen MR) is 112 cm³/mol. The molecule has 144 valence electrons. The van der Waals surface area contributed by atoms with Crippen LogP contribution in [0.4, 0.5) is 17.2 Å². The summed E-state index contributed by atoms with van der Waals surface area (Å²) in [6.07, 6.45) is 1.81. The minimum atomic E-state index is -0.492. The van der Waals surface area contributed by atoms with Crippen LogP contribution in [0.5, 0.6) is 5.75 Å². The number of nitrogens with one attached hydrogen (secondary N) is 2. The Bertz CT molecular complexity index is 1020. The lowest BCUT2D eigenvalue weighted by atomic mass is 10.2. The lowest BCUT2D eigenvalue weighted by Gasteiger charge is -2.12. The normalized spacial score (nSPS) is 10.4. The van der Waals surface area contributed by atoms with Gasteiger partial charge in [-0.05, 0) is 29.9 Å². The SMILES string of the molecule is COc1cc([N+](=O)[O-])ccc1NC(=S)Nc1ccn(Cc2ccccc2Cl)n1. The Labute approximate surface area is 171 Å². The van der Waals surface area contributed by atoms with E-state index < -0.39 is 4.92 Å². The number of hydrogen-bond donors (Lipinski definition) is 2. The largest absolute Gasteiger partial charge is 0.494 e. The van der Waals surface area contributed by atoms with E-state index in [-0.39, 0.29) is 10.8 Å². The van der Waals surface area contributed by atoms with Crippen LogP contribution in [-0.4, -0.2) is 26.9 Å². The number of nitro groups is 1. The number of nitro benzene ring substituents is 1. The smallest absolute Gasteiger partial charge is 0.273 e. The average Bonchev–Trinajstić information content (AvgIpc) is 3.10. The third-order valence-electron chi connectivity index (χ3n) is 3.82. The number of thiocarbonyl (C=S) groups is 1. The molecule has 0 aliphatic heterocycles. The Kier molecular flexibility index (Phi) is 6.07. The topological polar surface area (TPSA) is 94.3 Å². The highest BCUT2D eigenvalue weighted by molar-refractivity contribution is 7.80. The number of aromatic nitrogens is 2. The van der Waals surface area contributed by atoms with Crippen LogP contribution >= 0.6 is 23.8 Å². The van der Waals surface area contributed by atoms with Gasteiger partial charge in [-0.25, -0.2) is 0 Å². The summed E-state index contributed by atoms with van der Waals surface area (Å²) in [6.45, 7) is 0.526. The number of benzene rings is 2. The zero-order chi connectivity index (χ0) is 20.1. The first-order valence-electron chi connectivity index (χ1n) is 8.13. The fourth-order valence-electron chi connectivity index (χ4n) is 2.48. The molecule has 1 heterocycles. The number of hydrogen-bond acceptors (Lipinski definition) is 5. The lowest BCUT2D eigenvalue weighted by Crippen LogP contribution is -2.20. The molecule has 2 N–H and O–H groups in total. The van der Waals surface area contributed by atoms with Gasteiger partial charge < -0.3 is 15.4 Å². The van der Waals surface area contributed by atoms with Gasteiger partial charge in [0.1, 0.15) is 5.75 Å². The van der Waals surface area contributed by atoms with Gasteiger partial charge in [0, 0.05) is 23.4 Å². The van der Waals surface area contributed by atoms with Crippen LogP contribution in [0.2, 0.25) is 5.02 Å². The van der Waals surface area contributed by atoms with Crippen LogP contribution in [0.15, 0.2) is 54.7 Å². The first-order chi connectivity index (χ1) is 13.5.